The van der Waals surface area contributed by atoms with Gasteiger partial charge in [-0.1, -0.05) is 47.5 Å². The fraction of sp³-hybridized carbons (Fsp3) is 0.188. The Hall–Kier alpha value is -4.48. The van der Waals surface area contributed by atoms with E-state index >= 15 is 0 Å². The summed E-state index contributed by atoms with van der Waals surface area (Å²) < 4.78 is 11.1. The average molecular weight is 631 g/mol. The second-order valence-electron chi connectivity index (χ2n) is 10.1. The summed E-state index contributed by atoms with van der Waals surface area (Å²) in [7, 11) is 0. The van der Waals surface area contributed by atoms with Crippen LogP contribution < -0.4 is 15.4 Å². The van der Waals surface area contributed by atoms with Crippen LogP contribution in [0, 0.1) is 0 Å². The molecule has 3 aromatic heterocycles. The molecule has 44 heavy (non-hydrogen) atoms. The molecule has 5 aromatic rings. The van der Waals surface area contributed by atoms with Crippen LogP contribution in [-0.4, -0.2) is 63.8 Å². The summed E-state index contributed by atoms with van der Waals surface area (Å²) >= 11 is 12.6. The standard InChI is InChI=1S/C32H29Cl2N7O3/c33-24-13-22(14-25(34)16-24)27-19-37-31(39-26-6-2-1-3-7-26)40-30(27)23-15-29(36-18-23)44-32(42)38-20-28(21-5-4-8-35-17-21)41-9-11-43-12-10-41/h1-8,13-19,28,36H,9-12,20H2,(H,38,42)(H,37,39,40). The molecule has 12 heteroatoms. The van der Waals surface area contributed by atoms with E-state index < -0.39 is 6.09 Å². The van der Waals surface area contributed by atoms with Gasteiger partial charge in [-0.3, -0.25) is 9.88 Å². The molecule has 4 heterocycles. The van der Waals surface area contributed by atoms with E-state index in [-0.39, 0.29) is 11.9 Å². The lowest BCUT2D eigenvalue weighted by atomic mass is 10.0. The van der Waals surface area contributed by atoms with Crippen LogP contribution >= 0.6 is 23.2 Å². The summed E-state index contributed by atoms with van der Waals surface area (Å²) in [4.78, 5) is 31.8. The normalized spacial score (nSPS) is 14.1. The Kier molecular flexibility index (Phi) is 9.33. The minimum absolute atomic E-state index is 0.0667. The van der Waals surface area contributed by atoms with E-state index in [4.69, 9.17) is 37.7 Å². The van der Waals surface area contributed by atoms with Crippen molar-refractivity contribution in [3.8, 4) is 28.3 Å². The summed E-state index contributed by atoms with van der Waals surface area (Å²) in [5, 5.41) is 7.11. The number of pyridine rings is 1. The molecular weight excluding hydrogens is 601 g/mol. The Balaban J connectivity index is 1.21. The summed E-state index contributed by atoms with van der Waals surface area (Å²) in [6.45, 7) is 3.15. The van der Waals surface area contributed by atoms with Crippen molar-refractivity contribution in [2.75, 3.05) is 38.2 Å². The topological polar surface area (TPSA) is 117 Å². The van der Waals surface area contributed by atoms with E-state index in [0.29, 0.717) is 52.6 Å². The van der Waals surface area contributed by atoms with E-state index in [9.17, 15) is 4.79 Å². The van der Waals surface area contributed by atoms with Crippen LogP contribution in [0.25, 0.3) is 22.4 Å². The predicted octanol–water partition coefficient (Wildman–Crippen LogP) is 6.75. The number of halogens is 2. The molecule has 224 valence electrons. The monoisotopic (exact) mass is 629 g/mol. The number of benzene rings is 2. The van der Waals surface area contributed by atoms with Gasteiger partial charge in [-0.25, -0.2) is 14.8 Å². The van der Waals surface area contributed by atoms with Gasteiger partial charge in [0.2, 0.25) is 11.8 Å². The molecule has 10 nitrogen and oxygen atoms in total. The second kappa shape index (κ2) is 13.9. The lowest BCUT2D eigenvalue weighted by molar-refractivity contribution is 0.0163. The number of H-pyrrole nitrogens is 1. The van der Waals surface area contributed by atoms with Gasteiger partial charge in [-0.2, -0.15) is 0 Å². The quantitative estimate of drug-likeness (QED) is 0.164. The number of hydrogen-bond donors (Lipinski definition) is 3. The number of amides is 1. The number of ether oxygens (including phenoxy) is 2. The molecular formula is C32H29Cl2N7O3. The zero-order valence-electron chi connectivity index (χ0n) is 23.5. The molecule has 1 atom stereocenters. The fourth-order valence-electron chi connectivity index (χ4n) is 5.04. The number of nitrogens with zero attached hydrogens (tertiary/aromatic N) is 4. The zero-order chi connectivity index (χ0) is 30.3. The molecule has 1 saturated heterocycles. The van der Waals surface area contributed by atoms with Gasteiger partial charge in [-0.15, -0.1) is 0 Å². The van der Waals surface area contributed by atoms with Crippen LogP contribution in [0.15, 0.2) is 91.5 Å². The highest BCUT2D eigenvalue weighted by molar-refractivity contribution is 6.35. The highest BCUT2D eigenvalue weighted by Crippen LogP contribution is 2.35. The third-order valence-electron chi connectivity index (χ3n) is 7.12. The third-order valence-corrected chi connectivity index (χ3v) is 7.56. The number of carbonyl (C=O) groups is 1. The number of para-hydroxylation sites is 1. The smallest absolute Gasteiger partial charge is 0.393 e. The van der Waals surface area contributed by atoms with Crippen molar-refractivity contribution in [2.24, 2.45) is 0 Å². The highest BCUT2D eigenvalue weighted by Gasteiger charge is 2.24. The van der Waals surface area contributed by atoms with E-state index in [1.54, 1.807) is 42.9 Å². The molecule has 1 aliphatic rings. The Morgan fingerprint density at radius 2 is 1.80 bits per heavy atom. The molecule has 0 saturated carbocycles. The first kappa shape index (κ1) is 29.6. The van der Waals surface area contributed by atoms with E-state index in [2.05, 4.69) is 30.5 Å². The summed E-state index contributed by atoms with van der Waals surface area (Å²) in [6.07, 6.45) is 6.39. The van der Waals surface area contributed by atoms with Crippen LogP contribution in [0.4, 0.5) is 16.4 Å². The zero-order valence-corrected chi connectivity index (χ0v) is 25.1. The number of aromatic amines is 1. The largest absolute Gasteiger partial charge is 0.413 e. The SMILES string of the molecule is O=C(NCC(c1cccnc1)N1CCOCC1)Oc1cc(-c2nc(Nc3ccccc3)ncc2-c2cc(Cl)cc(Cl)c2)c[nH]1. The van der Waals surface area contributed by atoms with Crippen molar-refractivity contribution < 1.29 is 14.3 Å². The molecule has 1 amide bonds. The van der Waals surface area contributed by atoms with Crippen LogP contribution in [0.3, 0.4) is 0 Å². The molecule has 2 aromatic carbocycles. The van der Waals surface area contributed by atoms with E-state index in [1.165, 1.54) is 0 Å². The number of carbonyl (C=O) groups excluding carboxylic acids is 1. The van der Waals surface area contributed by atoms with Crippen molar-refractivity contribution in [3.63, 3.8) is 0 Å². The first-order valence-electron chi connectivity index (χ1n) is 14.0. The lowest BCUT2D eigenvalue weighted by Crippen LogP contribution is -2.44. The minimum atomic E-state index is -0.587. The van der Waals surface area contributed by atoms with Crippen LogP contribution in [0.1, 0.15) is 11.6 Å². The molecule has 6 rings (SSSR count). The number of aromatic nitrogens is 4. The molecule has 0 bridgehead atoms. The first-order chi connectivity index (χ1) is 21.5. The summed E-state index contributed by atoms with van der Waals surface area (Å²) in [5.74, 6) is 0.655. The second-order valence-corrected chi connectivity index (χ2v) is 11.0. The Morgan fingerprint density at radius 3 is 2.55 bits per heavy atom. The van der Waals surface area contributed by atoms with E-state index in [0.717, 1.165) is 29.9 Å². The predicted molar refractivity (Wildman–Crippen MR) is 170 cm³/mol. The van der Waals surface area contributed by atoms with Gasteiger partial charge in [0.25, 0.3) is 0 Å². The average Bonchev–Trinajstić information content (AvgIpc) is 3.50. The van der Waals surface area contributed by atoms with Crippen LogP contribution in [0.2, 0.25) is 10.0 Å². The van der Waals surface area contributed by atoms with Crippen LogP contribution in [0.5, 0.6) is 5.88 Å². The third kappa shape index (κ3) is 7.35. The molecule has 0 aliphatic carbocycles. The number of nitrogens with one attached hydrogen (secondary N) is 3. The number of rotatable bonds is 9. The van der Waals surface area contributed by atoms with Crippen molar-refractivity contribution in [2.45, 2.75) is 6.04 Å². The first-order valence-corrected chi connectivity index (χ1v) is 14.8. The number of anilines is 2. The van der Waals surface area contributed by atoms with Gasteiger partial charge in [0.1, 0.15) is 0 Å². The van der Waals surface area contributed by atoms with Crippen molar-refractivity contribution >= 4 is 40.9 Å². The van der Waals surface area contributed by atoms with Crippen molar-refractivity contribution in [3.05, 3.63) is 107 Å². The maximum atomic E-state index is 12.9. The lowest BCUT2D eigenvalue weighted by Gasteiger charge is -2.34. The minimum Gasteiger partial charge on any atom is -0.393 e. The number of morpholine rings is 1. The Bertz CT molecular complexity index is 1690. The van der Waals surface area contributed by atoms with Crippen molar-refractivity contribution in [1.82, 2.24) is 30.2 Å². The maximum absolute atomic E-state index is 12.9. The molecule has 0 radical (unpaired) electrons. The molecule has 1 aliphatic heterocycles. The van der Waals surface area contributed by atoms with Crippen molar-refractivity contribution in [1.29, 1.82) is 0 Å². The maximum Gasteiger partial charge on any atom is 0.413 e. The molecule has 3 N–H and O–H groups in total. The molecule has 1 unspecified atom stereocenters. The fourth-order valence-corrected chi connectivity index (χ4v) is 5.56. The van der Waals surface area contributed by atoms with Gasteiger partial charge in [0, 0.05) is 77.3 Å². The van der Waals surface area contributed by atoms with Crippen LogP contribution in [-0.2, 0) is 4.74 Å². The highest BCUT2D eigenvalue weighted by atomic mass is 35.5. The summed E-state index contributed by atoms with van der Waals surface area (Å²) in [6, 6.07) is 20.4. The Morgan fingerprint density at radius 1 is 1.00 bits per heavy atom. The number of hydrogen-bond acceptors (Lipinski definition) is 8. The van der Waals surface area contributed by atoms with Gasteiger partial charge in [0.15, 0.2) is 0 Å². The van der Waals surface area contributed by atoms with E-state index in [1.807, 2.05) is 48.7 Å². The molecule has 1 fully saturated rings. The van der Waals surface area contributed by atoms with Gasteiger partial charge < -0.3 is 25.1 Å². The van der Waals surface area contributed by atoms with Gasteiger partial charge in [0.05, 0.1) is 24.9 Å². The summed E-state index contributed by atoms with van der Waals surface area (Å²) in [5.41, 5.74) is 4.57. The van der Waals surface area contributed by atoms with Gasteiger partial charge >= 0.3 is 6.09 Å². The Labute approximate surface area is 264 Å². The van der Waals surface area contributed by atoms with Gasteiger partial charge in [-0.05, 0) is 47.5 Å². The molecule has 0 spiro atoms.